The molecule has 0 unspecified atom stereocenters. The van der Waals surface area contributed by atoms with Crippen LogP contribution in [0.2, 0.25) is 0 Å². The maximum absolute atomic E-state index is 12.7. The topological polar surface area (TPSA) is 47.4 Å². The number of aryl methyl sites for hydroxylation is 1. The second-order valence-corrected chi connectivity index (χ2v) is 5.97. The standard InChI is InChI=1S/C18H23N3O2/c1-20-17(14-7-9-15(23-2)10-8-14)13-16(19-20)18(22)21-11-5-3-4-6-12-21/h7-10,13H,3-6,11-12H2,1-2H3. The van der Waals surface area contributed by atoms with Gasteiger partial charge in [0.2, 0.25) is 0 Å². The molecule has 1 aliphatic heterocycles. The molecule has 0 radical (unpaired) electrons. The molecule has 122 valence electrons. The van der Waals surface area contributed by atoms with Crippen molar-refractivity contribution in [3.05, 3.63) is 36.0 Å². The number of rotatable bonds is 3. The predicted molar refractivity (Wildman–Crippen MR) is 89.6 cm³/mol. The molecular formula is C18H23N3O2. The summed E-state index contributed by atoms with van der Waals surface area (Å²) >= 11 is 0. The van der Waals surface area contributed by atoms with Crippen LogP contribution in [0.4, 0.5) is 0 Å². The Morgan fingerprint density at radius 3 is 2.35 bits per heavy atom. The molecule has 1 saturated heterocycles. The van der Waals surface area contributed by atoms with Crippen LogP contribution in [-0.4, -0.2) is 40.8 Å². The number of hydrogen-bond donors (Lipinski definition) is 0. The fourth-order valence-corrected chi connectivity index (χ4v) is 3.04. The van der Waals surface area contributed by atoms with Crippen LogP contribution >= 0.6 is 0 Å². The first kappa shape index (κ1) is 15.6. The number of aromatic nitrogens is 2. The summed E-state index contributed by atoms with van der Waals surface area (Å²) in [6, 6.07) is 9.68. The van der Waals surface area contributed by atoms with Crippen molar-refractivity contribution in [1.82, 2.24) is 14.7 Å². The third-order valence-corrected chi connectivity index (χ3v) is 4.38. The highest BCUT2D eigenvalue weighted by Gasteiger charge is 2.21. The smallest absolute Gasteiger partial charge is 0.274 e. The van der Waals surface area contributed by atoms with Gasteiger partial charge in [-0.1, -0.05) is 12.8 Å². The summed E-state index contributed by atoms with van der Waals surface area (Å²) in [6.45, 7) is 1.68. The van der Waals surface area contributed by atoms with E-state index < -0.39 is 0 Å². The van der Waals surface area contributed by atoms with Gasteiger partial charge in [0.05, 0.1) is 12.8 Å². The highest BCUT2D eigenvalue weighted by Crippen LogP contribution is 2.23. The van der Waals surface area contributed by atoms with Crippen molar-refractivity contribution in [3.63, 3.8) is 0 Å². The van der Waals surface area contributed by atoms with Gasteiger partial charge in [-0.15, -0.1) is 0 Å². The Kier molecular flexibility index (Phi) is 4.65. The fourth-order valence-electron chi connectivity index (χ4n) is 3.04. The van der Waals surface area contributed by atoms with Gasteiger partial charge >= 0.3 is 0 Å². The lowest BCUT2D eigenvalue weighted by Crippen LogP contribution is -2.32. The molecule has 23 heavy (non-hydrogen) atoms. The first-order chi connectivity index (χ1) is 11.2. The zero-order valence-corrected chi connectivity index (χ0v) is 13.8. The van der Waals surface area contributed by atoms with Crippen LogP contribution in [0.25, 0.3) is 11.3 Å². The minimum Gasteiger partial charge on any atom is -0.497 e. The molecule has 1 fully saturated rings. The second kappa shape index (κ2) is 6.86. The molecule has 0 N–H and O–H groups in total. The number of carbonyl (C=O) groups excluding carboxylic acids is 1. The first-order valence-electron chi connectivity index (χ1n) is 8.17. The van der Waals surface area contributed by atoms with E-state index in [1.807, 2.05) is 42.3 Å². The maximum atomic E-state index is 12.7. The Labute approximate surface area is 136 Å². The molecule has 0 aliphatic carbocycles. The van der Waals surface area contributed by atoms with Crippen molar-refractivity contribution in [3.8, 4) is 17.0 Å². The van der Waals surface area contributed by atoms with Crippen LogP contribution in [0.3, 0.4) is 0 Å². The summed E-state index contributed by atoms with van der Waals surface area (Å²) in [7, 11) is 3.52. The van der Waals surface area contributed by atoms with Crippen LogP contribution in [0.5, 0.6) is 5.75 Å². The summed E-state index contributed by atoms with van der Waals surface area (Å²) in [5, 5.41) is 4.43. The van der Waals surface area contributed by atoms with E-state index in [1.54, 1.807) is 11.8 Å². The van der Waals surface area contributed by atoms with Crippen LogP contribution in [0.15, 0.2) is 30.3 Å². The van der Waals surface area contributed by atoms with Gasteiger partial charge in [0.15, 0.2) is 5.69 Å². The molecule has 2 heterocycles. The molecular weight excluding hydrogens is 290 g/mol. The van der Waals surface area contributed by atoms with Crippen molar-refractivity contribution in [2.75, 3.05) is 20.2 Å². The summed E-state index contributed by atoms with van der Waals surface area (Å²) < 4.78 is 6.96. The SMILES string of the molecule is COc1ccc(-c2cc(C(=O)N3CCCCCC3)nn2C)cc1. The fraction of sp³-hybridized carbons (Fsp3) is 0.444. The molecule has 0 bridgehead atoms. The average molecular weight is 313 g/mol. The highest BCUT2D eigenvalue weighted by molar-refractivity contribution is 5.93. The molecule has 1 amide bonds. The zero-order chi connectivity index (χ0) is 16.2. The van der Waals surface area contributed by atoms with Gasteiger partial charge in [-0.05, 0) is 43.2 Å². The van der Waals surface area contributed by atoms with E-state index in [4.69, 9.17) is 4.74 Å². The number of amides is 1. The first-order valence-corrected chi connectivity index (χ1v) is 8.17. The van der Waals surface area contributed by atoms with Crippen molar-refractivity contribution in [2.24, 2.45) is 7.05 Å². The van der Waals surface area contributed by atoms with Gasteiger partial charge in [-0.3, -0.25) is 9.48 Å². The van der Waals surface area contributed by atoms with E-state index >= 15 is 0 Å². The quantitative estimate of drug-likeness (QED) is 0.875. The Morgan fingerprint density at radius 1 is 1.09 bits per heavy atom. The van der Waals surface area contributed by atoms with Gasteiger partial charge in [0.1, 0.15) is 5.75 Å². The van der Waals surface area contributed by atoms with Gasteiger partial charge in [0, 0.05) is 25.7 Å². The van der Waals surface area contributed by atoms with Gasteiger partial charge in [-0.25, -0.2) is 0 Å². The minimum atomic E-state index is 0.0438. The van der Waals surface area contributed by atoms with Crippen LogP contribution in [0, 0.1) is 0 Å². The zero-order valence-electron chi connectivity index (χ0n) is 13.8. The summed E-state index contributed by atoms with van der Waals surface area (Å²) in [4.78, 5) is 14.6. The van der Waals surface area contributed by atoms with Crippen molar-refractivity contribution in [2.45, 2.75) is 25.7 Å². The average Bonchev–Trinajstić information content (AvgIpc) is 2.79. The number of hydrogen-bond acceptors (Lipinski definition) is 3. The summed E-state index contributed by atoms with van der Waals surface area (Å²) in [5.74, 6) is 0.860. The monoisotopic (exact) mass is 313 g/mol. The Hall–Kier alpha value is -2.30. The van der Waals surface area contributed by atoms with Crippen LogP contribution < -0.4 is 4.74 Å². The van der Waals surface area contributed by atoms with Crippen LogP contribution in [0.1, 0.15) is 36.2 Å². The molecule has 1 aromatic carbocycles. The molecule has 5 nitrogen and oxygen atoms in total. The molecule has 2 aromatic rings. The molecule has 3 rings (SSSR count). The Bertz CT molecular complexity index is 668. The lowest BCUT2D eigenvalue weighted by Gasteiger charge is -2.18. The highest BCUT2D eigenvalue weighted by atomic mass is 16.5. The minimum absolute atomic E-state index is 0.0438. The third-order valence-electron chi connectivity index (χ3n) is 4.38. The summed E-state index contributed by atoms with van der Waals surface area (Å²) in [5.41, 5.74) is 2.49. The van der Waals surface area contributed by atoms with Gasteiger partial charge < -0.3 is 9.64 Å². The Balaban J connectivity index is 1.83. The molecule has 0 spiro atoms. The lowest BCUT2D eigenvalue weighted by atomic mass is 10.1. The van der Waals surface area contributed by atoms with E-state index in [9.17, 15) is 4.79 Å². The maximum Gasteiger partial charge on any atom is 0.274 e. The number of methoxy groups -OCH3 is 1. The lowest BCUT2D eigenvalue weighted by molar-refractivity contribution is 0.0755. The van der Waals surface area contributed by atoms with Crippen LogP contribution in [-0.2, 0) is 7.05 Å². The van der Waals surface area contributed by atoms with E-state index in [2.05, 4.69) is 5.10 Å². The molecule has 1 aromatic heterocycles. The van der Waals surface area contributed by atoms with Crippen molar-refractivity contribution < 1.29 is 9.53 Å². The van der Waals surface area contributed by atoms with Gasteiger partial charge in [0.25, 0.3) is 5.91 Å². The van der Waals surface area contributed by atoms with Crippen molar-refractivity contribution >= 4 is 5.91 Å². The van der Waals surface area contributed by atoms with Crippen molar-refractivity contribution in [1.29, 1.82) is 0 Å². The molecule has 0 atom stereocenters. The molecule has 5 heteroatoms. The second-order valence-electron chi connectivity index (χ2n) is 5.97. The van der Waals surface area contributed by atoms with E-state index in [0.717, 1.165) is 42.9 Å². The number of nitrogens with zero attached hydrogens (tertiary/aromatic N) is 3. The van der Waals surface area contributed by atoms with E-state index in [-0.39, 0.29) is 5.91 Å². The molecule has 1 aliphatic rings. The third kappa shape index (κ3) is 3.38. The number of ether oxygens (including phenoxy) is 1. The van der Waals surface area contributed by atoms with E-state index in [0.29, 0.717) is 5.69 Å². The normalized spacial score (nSPS) is 15.3. The predicted octanol–water partition coefficient (Wildman–Crippen LogP) is 3.11. The number of likely N-dealkylation sites (tertiary alicyclic amines) is 1. The number of carbonyl (C=O) groups is 1. The molecule has 0 saturated carbocycles. The largest absolute Gasteiger partial charge is 0.497 e. The van der Waals surface area contributed by atoms with E-state index in [1.165, 1.54) is 12.8 Å². The summed E-state index contributed by atoms with van der Waals surface area (Å²) in [6.07, 6.45) is 4.60. The Morgan fingerprint density at radius 2 is 1.74 bits per heavy atom. The van der Waals surface area contributed by atoms with Gasteiger partial charge in [-0.2, -0.15) is 5.10 Å². The number of benzene rings is 1.